The van der Waals surface area contributed by atoms with Crippen molar-refractivity contribution in [3.63, 3.8) is 0 Å². The van der Waals surface area contributed by atoms with E-state index < -0.39 is 144 Å². The van der Waals surface area contributed by atoms with Crippen molar-refractivity contribution in [1.29, 1.82) is 0 Å². The number of carboxylic acid groups (broad SMARTS) is 7. The number of hydrogen-bond donors (Lipinski definition) is 0. The second-order valence-corrected chi connectivity index (χ2v) is 19.2. The lowest BCUT2D eigenvalue weighted by atomic mass is 9.55. The van der Waals surface area contributed by atoms with Crippen molar-refractivity contribution in [2.75, 3.05) is 0 Å². The number of hydrogen-bond acceptors (Lipinski definition) is 18. The molecule has 344 valence electrons. The highest BCUT2D eigenvalue weighted by Gasteiger charge is 2.65. The zero-order valence-corrected chi connectivity index (χ0v) is 36.9. The van der Waals surface area contributed by atoms with Gasteiger partial charge in [-0.25, -0.2) is 0 Å². The number of aliphatic carboxylic acids is 7. The molecule has 0 aromatic rings. The Kier molecular flexibility index (Phi) is 13.2. The first kappa shape index (κ1) is 48.5. The van der Waals surface area contributed by atoms with Crippen LogP contribution in [0.5, 0.6) is 0 Å². The molecule has 0 aromatic carbocycles. The lowest BCUT2D eigenvalue weighted by Crippen LogP contribution is -2.56. The summed E-state index contributed by atoms with van der Waals surface area (Å²) in [7, 11) is 0. The van der Waals surface area contributed by atoms with Crippen LogP contribution in [0.1, 0.15) is 132 Å². The Balaban J connectivity index is 1.99. The third-order valence-electron chi connectivity index (χ3n) is 15.3. The lowest BCUT2D eigenvalue weighted by Gasteiger charge is -2.49. The summed E-state index contributed by atoms with van der Waals surface area (Å²) in [5.41, 5.74) is -4.98. The van der Waals surface area contributed by atoms with Gasteiger partial charge in [0.1, 0.15) is 0 Å². The van der Waals surface area contributed by atoms with Gasteiger partial charge in [-0.2, -0.15) is 0 Å². The molecule has 0 fully saturated rings. The maximum atomic E-state index is 12.9. The Hall–Kier alpha value is -5.55. The van der Waals surface area contributed by atoms with E-state index in [-0.39, 0.29) is 54.8 Å². The highest BCUT2D eigenvalue weighted by Crippen LogP contribution is 2.62. The predicted molar refractivity (Wildman–Crippen MR) is 210 cm³/mol. The van der Waals surface area contributed by atoms with Crippen molar-refractivity contribution in [2.24, 2.45) is 59.9 Å². The van der Waals surface area contributed by atoms with Crippen molar-refractivity contribution < 1.29 is 69.3 Å². The number of nitrogens with zero attached hydrogens (tertiary/aromatic N) is 4. The number of aliphatic imine (C=N–C) groups is 4. The van der Waals surface area contributed by atoms with E-state index in [1.807, 2.05) is 0 Å². The molecule has 0 saturated carbocycles. The van der Waals surface area contributed by atoms with Crippen molar-refractivity contribution in [1.82, 2.24) is 0 Å². The van der Waals surface area contributed by atoms with Gasteiger partial charge in [0.15, 0.2) is 0 Å². The zero-order valence-electron chi connectivity index (χ0n) is 36.9. The van der Waals surface area contributed by atoms with Gasteiger partial charge in [0.2, 0.25) is 0 Å². The van der Waals surface area contributed by atoms with Crippen LogP contribution in [-0.4, -0.2) is 81.8 Å². The summed E-state index contributed by atoms with van der Waals surface area (Å²) in [4.78, 5) is 108. The zero-order chi connectivity index (χ0) is 47.4. The van der Waals surface area contributed by atoms with E-state index in [2.05, 4.69) is 0 Å². The maximum Gasteiger partial charge on any atom is 0.0872 e. The molecule has 8 bridgehead atoms. The fourth-order valence-corrected chi connectivity index (χ4v) is 11.8. The number of carbonyl (C=O) groups is 7. The molecule has 0 aromatic heterocycles. The van der Waals surface area contributed by atoms with Crippen LogP contribution in [0.3, 0.4) is 0 Å². The fourth-order valence-electron chi connectivity index (χ4n) is 11.8. The summed E-state index contributed by atoms with van der Waals surface area (Å²) in [6, 6.07) is -1.27. The molecule has 63 heavy (non-hydrogen) atoms. The van der Waals surface area contributed by atoms with Gasteiger partial charge in [-0.05, 0) is 121 Å². The Morgan fingerprint density at radius 3 is 1.73 bits per heavy atom. The largest absolute Gasteiger partial charge is 0.550 e. The van der Waals surface area contributed by atoms with Gasteiger partial charge in [-0.3, -0.25) is 20.0 Å². The first-order valence-corrected chi connectivity index (χ1v) is 21.2. The number of carbonyl (C=O) groups excluding carboxylic acids is 7. The van der Waals surface area contributed by atoms with Crippen molar-refractivity contribution in [2.45, 2.75) is 150 Å². The van der Waals surface area contributed by atoms with Crippen LogP contribution in [0.2, 0.25) is 0 Å². The van der Waals surface area contributed by atoms with E-state index >= 15 is 0 Å². The molecule has 18 nitrogen and oxygen atoms in total. The summed E-state index contributed by atoms with van der Waals surface area (Å²) in [5, 5.41) is 86.7. The molecule has 0 aliphatic carbocycles. The van der Waals surface area contributed by atoms with Gasteiger partial charge in [0, 0.05) is 105 Å². The smallest absolute Gasteiger partial charge is 0.0872 e. The third kappa shape index (κ3) is 8.61. The number of fused-ring (bicyclic) bond motifs is 5. The van der Waals surface area contributed by atoms with Gasteiger partial charge in [0.05, 0.1) is 22.8 Å². The van der Waals surface area contributed by atoms with Gasteiger partial charge in [0.25, 0.3) is 0 Å². The van der Waals surface area contributed by atoms with Gasteiger partial charge < -0.3 is 69.3 Å². The molecule has 1 unspecified atom stereocenters. The maximum absolute atomic E-state index is 12.9. The van der Waals surface area contributed by atoms with Gasteiger partial charge in [-0.15, -0.1) is 0 Å². The average Bonchev–Trinajstić information content (AvgIpc) is 3.75. The van der Waals surface area contributed by atoms with Gasteiger partial charge >= 0.3 is 0 Å². The predicted octanol–water partition coefficient (Wildman–Crippen LogP) is -3.27. The number of allylic oxidation sites excluding steroid dienone is 3. The Bertz CT molecular complexity index is 2220. The molecule has 0 N–H and O–H groups in total. The molecule has 5 rings (SSSR count). The van der Waals surface area contributed by atoms with E-state index in [1.165, 1.54) is 0 Å². The van der Waals surface area contributed by atoms with Crippen LogP contribution >= 0.6 is 0 Å². The van der Waals surface area contributed by atoms with Gasteiger partial charge in [-0.1, -0.05) is 27.7 Å². The number of carboxylic acids is 7. The van der Waals surface area contributed by atoms with E-state index in [4.69, 9.17) is 20.0 Å². The Morgan fingerprint density at radius 1 is 0.651 bits per heavy atom. The summed E-state index contributed by atoms with van der Waals surface area (Å²) >= 11 is 0. The molecule has 0 saturated heterocycles. The van der Waals surface area contributed by atoms with Crippen LogP contribution in [0.25, 0.3) is 0 Å². The van der Waals surface area contributed by atoms with E-state index in [0.29, 0.717) is 22.6 Å². The lowest BCUT2D eigenvalue weighted by molar-refractivity contribution is -0.311. The van der Waals surface area contributed by atoms with Crippen LogP contribution in [0.15, 0.2) is 42.4 Å². The molecular weight excluding hydrogens is 821 g/mol. The first-order valence-electron chi connectivity index (χ1n) is 21.2. The summed E-state index contributed by atoms with van der Waals surface area (Å²) in [5.74, 6) is -14.3. The first-order chi connectivity index (χ1) is 29.1. The SMILES string of the molecule is CC1=C(CCC(=O)[O-])C2=N[C@@]1(C)CC1=N/C(=C(/C)C3=N[C@@](C)([C@@H]4N=C(C2C)[C@](C)(CCC(=O)[O-])[C@H]4CC(=O)[O-])[C@@](C)(CC(=O)[O-])[C@@H]3CCC(=O)[O-])[C@@](C)(CC(=O)[O-])[C@@H]1CCC(=O)[O-]. The minimum Gasteiger partial charge on any atom is -0.550 e. The topological polar surface area (TPSA) is 330 Å². The van der Waals surface area contributed by atoms with Crippen LogP contribution in [-0.2, 0) is 33.6 Å². The number of rotatable bonds is 18. The summed E-state index contributed by atoms with van der Waals surface area (Å²) in [6.45, 7) is 13.2. The average molecular weight is 874 g/mol. The minimum absolute atomic E-state index is 0.0356. The highest BCUT2D eigenvalue weighted by molar-refractivity contribution is 6.19. The standard InChI is InChI=1S/C45H60N4O14/c1-21-36-24(9-12-29(50)51)23(3)44(7,48-36)18-28-25(10-13-30(52)53)42(5,19-34(60)61)39(46-28)22(2)37-26(11-14-31(54)55)43(6,20-35(62)63)45(8,49-37)40-27(17-33(58)59)41(4,38(21)47-40)16-15-32(56)57/h21,25-27,40H,9-20H2,1-8H3,(H,50,51)(H,52,53)(H,54,55)(H,56,57)(H,58,59)(H,60,61)(H,62,63)/p-7/b39-22-/t21?,25-,26-,27+,40-,41-,42+,43+,44+,45+/m1/s1. The van der Waals surface area contributed by atoms with Crippen molar-refractivity contribution in [3.8, 4) is 0 Å². The summed E-state index contributed by atoms with van der Waals surface area (Å²) in [6.07, 6.45) is -4.98. The second-order valence-electron chi connectivity index (χ2n) is 19.2. The van der Waals surface area contributed by atoms with Crippen LogP contribution in [0, 0.1) is 39.9 Å². The fraction of sp³-hybridized carbons (Fsp3) is 0.667. The van der Waals surface area contributed by atoms with E-state index in [9.17, 15) is 69.3 Å². The molecule has 0 spiro atoms. The third-order valence-corrected chi connectivity index (χ3v) is 15.3. The molecule has 10 atom stereocenters. The Morgan fingerprint density at radius 2 is 1.21 bits per heavy atom. The molecule has 5 heterocycles. The van der Waals surface area contributed by atoms with Crippen molar-refractivity contribution in [3.05, 3.63) is 22.4 Å². The van der Waals surface area contributed by atoms with E-state index in [0.717, 1.165) is 0 Å². The van der Waals surface area contributed by atoms with E-state index in [1.54, 1.807) is 55.4 Å². The molecule has 5 aliphatic rings. The normalized spacial score (nSPS) is 35.8. The Labute approximate surface area is 365 Å². The molecule has 0 radical (unpaired) electrons. The second kappa shape index (κ2) is 17.2. The summed E-state index contributed by atoms with van der Waals surface area (Å²) < 4.78 is 0. The molecule has 0 amide bonds. The molecular formula is C45H53N4O14-7. The van der Waals surface area contributed by atoms with Crippen molar-refractivity contribution >= 4 is 64.6 Å². The minimum atomic E-state index is -1.76. The molecule has 18 heteroatoms. The molecule has 5 aliphatic heterocycles. The monoisotopic (exact) mass is 873 g/mol. The highest BCUT2D eigenvalue weighted by atomic mass is 16.4. The quantitative estimate of drug-likeness (QED) is 0.131. The van der Waals surface area contributed by atoms with Crippen LogP contribution in [0.4, 0.5) is 0 Å². The van der Waals surface area contributed by atoms with Crippen LogP contribution < -0.4 is 35.7 Å².